The van der Waals surface area contributed by atoms with Crippen molar-refractivity contribution < 1.29 is 14.2 Å². The van der Waals surface area contributed by atoms with Crippen molar-refractivity contribution in [3.8, 4) is 11.5 Å². The molecular formula is C20H32N2O3. The average molecular weight is 348 g/mol. The molecule has 2 aliphatic rings. The summed E-state index contributed by atoms with van der Waals surface area (Å²) in [5.74, 6) is 2.47. The third-order valence-electron chi connectivity index (χ3n) is 5.56. The van der Waals surface area contributed by atoms with Gasteiger partial charge in [0.25, 0.3) is 0 Å². The van der Waals surface area contributed by atoms with Gasteiger partial charge in [-0.25, -0.2) is 0 Å². The lowest BCUT2D eigenvalue weighted by molar-refractivity contribution is 0.0545. The van der Waals surface area contributed by atoms with Crippen LogP contribution in [0.15, 0.2) is 18.2 Å². The molecule has 1 aromatic rings. The van der Waals surface area contributed by atoms with Crippen molar-refractivity contribution in [2.75, 3.05) is 40.5 Å². The SMILES string of the molecule is COc1cc(CN2CC[C@H](N[C@H](C)C3CCOCC3)C2)cc(OC)c1. The van der Waals surface area contributed by atoms with Crippen LogP contribution >= 0.6 is 0 Å². The summed E-state index contributed by atoms with van der Waals surface area (Å²) in [5.41, 5.74) is 1.24. The van der Waals surface area contributed by atoms with Crippen LogP contribution in [-0.4, -0.2) is 57.5 Å². The lowest BCUT2D eigenvalue weighted by Crippen LogP contribution is -2.43. The minimum Gasteiger partial charge on any atom is -0.497 e. The molecule has 25 heavy (non-hydrogen) atoms. The normalized spacial score (nSPS) is 23.6. The Morgan fingerprint density at radius 3 is 2.44 bits per heavy atom. The number of nitrogens with one attached hydrogen (secondary N) is 1. The molecule has 0 bridgehead atoms. The third kappa shape index (κ3) is 5.09. The highest BCUT2D eigenvalue weighted by atomic mass is 16.5. The largest absolute Gasteiger partial charge is 0.497 e. The van der Waals surface area contributed by atoms with E-state index >= 15 is 0 Å². The standard InChI is InChI=1S/C20H32N2O3/c1-15(17-5-8-25-9-6-17)21-18-4-7-22(14-18)13-16-10-19(23-2)12-20(11-16)24-3/h10-12,15,17-18,21H,4-9,13-14H2,1-3H3/t15-,18+/m1/s1. The van der Waals surface area contributed by atoms with Crippen LogP contribution < -0.4 is 14.8 Å². The highest BCUT2D eigenvalue weighted by Crippen LogP contribution is 2.25. The Labute approximate surface area is 151 Å². The number of likely N-dealkylation sites (tertiary alicyclic amines) is 1. The predicted molar refractivity (Wildman–Crippen MR) is 99.4 cm³/mol. The quantitative estimate of drug-likeness (QED) is 0.821. The van der Waals surface area contributed by atoms with Crippen molar-refractivity contribution in [3.05, 3.63) is 23.8 Å². The van der Waals surface area contributed by atoms with E-state index in [4.69, 9.17) is 14.2 Å². The third-order valence-corrected chi connectivity index (χ3v) is 5.56. The van der Waals surface area contributed by atoms with E-state index in [1.54, 1.807) is 14.2 Å². The lowest BCUT2D eigenvalue weighted by atomic mass is 9.92. The van der Waals surface area contributed by atoms with E-state index in [9.17, 15) is 0 Å². The van der Waals surface area contributed by atoms with E-state index in [0.717, 1.165) is 50.3 Å². The maximum atomic E-state index is 5.48. The van der Waals surface area contributed by atoms with E-state index < -0.39 is 0 Å². The summed E-state index contributed by atoms with van der Waals surface area (Å²) in [5, 5.41) is 3.86. The molecule has 140 valence electrons. The number of hydrogen-bond donors (Lipinski definition) is 1. The number of benzene rings is 1. The van der Waals surface area contributed by atoms with Gasteiger partial charge in [-0.3, -0.25) is 4.90 Å². The van der Waals surface area contributed by atoms with Crippen LogP contribution in [0.1, 0.15) is 31.7 Å². The van der Waals surface area contributed by atoms with Crippen molar-refractivity contribution in [2.24, 2.45) is 5.92 Å². The molecule has 2 fully saturated rings. The number of methoxy groups -OCH3 is 2. The summed E-state index contributed by atoms with van der Waals surface area (Å²) < 4.78 is 16.2. The molecule has 0 unspecified atom stereocenters. The summed E-state index contributed by atoms with van der Waals surface area (Å²) in [4.78, 5) is 2.52. The first-order chi connectivity index (χ1) is 12.2. The van der Waals surface area contributed by atoms with E-state index in [-0.39, 0.29) is 0 Å². The van der Waals surface area contributed by atoms with E-state index in [2.05, 4.69) is 29.3 Å². The minimum absolute atomic E-state index is 0.575. The molecule has 2 aliphatic heterocycles. The molecule has 2 saturated heterocycles. The predicted octanol–water partition coefficient (Wildman–Crippen LogP) is 2.68. The van der Waals surface area contributed by atoms with E-state index in [1.807, 2.05) is 6.07 Å². The zero-order valence-electron chi connectivity index (χ0n) is 15.8. The van der Waals surface area contributed by atoms with Crippen LogP contribution in [0, 0.1) is 5.92 Å². The molecule has 0 saturated carbocycles. The smallest absolute Gasteiger partial charge is 0.122 e. The summed E-state index contributed by atoms with van der Waals surface area (Å²) >= 11 is 0. The van der Waals surface area contributed by atoms with Gasteiger partial charge in [0.2, 0.25) is 0 Å². The second-order valence-corrected chi connectivity index (χ2v) is 7.35. The highest BCUT2D eigenvalue weighted by molar-refractivity contribution is 5.38. The molecule has 2 heterocycles. The second-order valence-electron chi connectivity index (χ2n) is 7.35. The molecule has 0 aromatic heterocycles. The van der Waals surface area contributed by atoms with E-state index in [1.165, 1.54) is 24.8 Å². The molecule has 5 heteroatoms. The lowest BCUT2D eigenvalue weighted by Gasteiger charge is -2.30. The van der Waals surface area contributed by atoms with Crippen molar-refractivity contribution in [1.29, 1.82) is 0 Å². The summed E-state index contributed by atoms with van der Waals surface area (Å²) in [6.07, 6.45) is 3.59. The Morgan fingerprint density at radius 1 is 1.12 bits per heavy atom. The first-order valence-electron chi connectivity index (χ1n) is 9.46. The number of nitrogens with zero attached hydrogens (tertiary/aromatic N) is 1. The first-order valence-corrected chi connectivity index (χ1v) is 9.46. The number of rotatable bonds is 7. The van der Waals surface area contributed by atoms with Crippen LogP contribution in [-0.2, 0) is 11.3 Å². The molecule has 3 rings (SSSR count). The second kappa shape index (κ2) is 8.88. The zero-order valence-corrected chi connectivity index (χ0v) is 15.8. The van der Waals surface area contributed by atoms with Crippen LogP contribution in [0.3, 0.4) is 0 Å². The van der Waals surface area contributed by atoms with Crippen molar-refractivity contribution in [1.82, 2.24) is 10.2 Å². The molecule has 5 nitrogen and oxygen atoms in total. The molecular weight excluding hydrogens is 316 g/mol. The van der Waals surface area contributed by atoms with Crippen molar-refractivity contribution in [2.45, 2.75) is 44.8 Å². The Hall–Kier alpha value is -1.30. The van der Waals surface area contributed by atoms with Gasteiger partial charge in [0.05, 0.1) is 14.2 Å². The monoisotopic (exact) mass is 348 g/mol. The fraction of sp³-hybridized carbons (Fsp3) is 0.700. The van der Waals surface area contributed by atoms with Gasteiger partial charge in [-0.1, -0.05) is 0 Å². The Morgan fingerprint density at radius 2 is 1.80 bits per heavy atom. The Bertz CT molecular complexity index is 523. The molecule has 0 radical (unpaired) electrons. The number of ether oxygens (including phenoxy) is 3. The molecule has 0 amide bonds. The summed E-state index contributed by atoms with van der Waals surface area (Å²) in [6.45, 7) is 7.37. The van der Waals surface area contributed by atoms with Gasteiger partial charge in [0.15, 0.2) is 0 Å². The van der Waals surface area contributed by atoms with Crippen molar-refractivity contribution >= 4 is 0 Å². The minimum atomic E-state index is 0.575. The molecule has 1 N–H and O–H groups in total. The summed E-state index contributed by atoms with van der Waals surface area (Å²) in [6, 6.07) is 7.30. The van der Waals surface area contributed by atoms with Gasteiger partial charge in [-0.05, 0) is 49.8 Å². The van der Waals surface area contributed by atoms with Gasteiger partial charge in [-0.2, -0.15) is 0 Å². The maximum Gasteiger partial charge on any atom is 0.122 e. The summed E-state index contributed by atoms with van der Waals surface area (Å²) in [7, 11) is 3.40. The van der Waals surface area contributed by atoms with Crippen molar-refractivity contribution in [3.63, 3.8) is 0 Å². The van der Waals surface area contributed by atoms with Crippen LogP contribution in [0.25, 0.3) is 0 Å². The van der Waals surface area contributed by atoms with Gasteiger partial charge in [-0.15, -0.1) is 0 Å². The average Bonchev–Trinajstić information content (AvgIpc) is 3.08. The zero-order chi connectivity index (χ0) is 17.6. The maximum absolute atomic E-state index is 5.48. The number of hydrogen-bond acceptors (Lipinski definition) is 5. The van der Waals surface area contributed by atoms with Gasteiger partial charge in [0.1, 0.15) is 11.5 Å². The molecule has 0 aliphatic carbocycles. The Kier molecular flexibility index (Phi) is 6.57. The first kappa shape index (κ1) is 18.5. The van der Waals surface area contributed by atoms with Crippen LogP contribution in [0.4, 0.5) is 0 Å². The van der Waals surface area contributed by atoms with Crippen LogP contribution in [0.5, 0.6) is 11.5 Å². The van der Waals surface area contributed by atoms with Gasteiger partial charge < -0.3 is 19.5 Å². The Balaban J connectivity index is 1.51. The molecule has 1 aromatic carbocycles. The highest BCUT2D eigenvalue weighted by Gasteiger charge is 2.27. The van der Waals surface area contributed by atoms with Gasteiger partial charge in [0, 0.05) is 51.0 Å². The topological polar surface area (TPSA) is 43.0 Å². The molecule has 0 spiro atoms. The van der Waals surface area contributed by atoms with Crippen LogP contribution in [0.2, 0.25) is 0 Å². The molecule has 2 atom stereocenters. The van der Waals surface area contributed by atoms with Gasteiger partial charge >= 0.3 is 0 Å². The fourth-order valence-corrected chi connectivity index (χ4v) is 4.05. The van der Waals surface area contributed by atoms with E-state index in [0.29, 0.717) is 12.1 Å². The fourth-order valence-electron chi connectivity index (χ4n) is 4.05.